The Morgan fingerprint density at radius 3 is 2.74 bits per heavy atom. The van der Waals surface area contributed by atoms with E-state index in [1.54, 1.807) is 12.1 Å². The molecular weight excluding hydrogens is 357 g/mol. The van der Waals surface area contributed by atoms with Crippen molar-refractivity contribution in [3.8, 4) is 0 Å². The third-order valence-corrected chi connectivity index (χ3v) is 3.71. The van der Waals surface area contributed by atoms with Crippen LogP contribution in [0.1, 0.15) is 20.3 Å². The number of nitro groups is 1. The molecule has 0 bridgehead atoms. The number of rotatable bonds is 7. The second kappa shape index (κ2) is 7.64. The topological polar surface area (TPSA) is 58.4 Å². The molecule has 0 radical (unpaired) electrons. The van der Waals surface area contributed by atoms with Gasteiger partial charge in [-0.05, 0) is 68.6 Å². The maximum absolute atomic E-state index is 11.0. The third-order valence-electron chi connectivity index (χ3n) is 3.04. The smallest absolute Gasteiger partial charge is 0.293 e. The van der Waals surface area contributed by atoms with Crippen LogP contribution in [-0.4, -0.2) is 36.0 Å². The number of benzene rings is 1. The molecule has 0 aliphatic heterocycles. The molecule has 0 aromatic heterocycles. The van der Waals surface area contributed by atoms with Crippen LogP contribution in [0.25, 0.3) is 0 Å². The van der Waals surface area contributed by atoms with Crippen LogP contribution in [-0.2, 0) is 0 Å². The van der Waals surface area contributed by atoms with Crippen LogP contribution in [0.15, 0.2) is 18.2 Å². The Morgan fingerprint density at radius 1 is 1.47 bits per heavy atom. The molecule has 6 heteroatoms. The standard InChI is InChI=1S/C13H20IN3O2/c1-10(2)16(3)8-4-7-15-12-6-5-11(14)9-13(12)17(18)19/h5-6,9-10,15H,4,7-8H2,1-3H3. The molecular formula is C13H20IN3O2. The number of halogens is 1. The molecule has 19 heavy (non-hydrogen) atoms. The molecule has 1 rings (SSSR count). The summed E-state index contributed by atoms with van der Waals surface area (Å²) >= 11 is 2.08. The van der Waals surface area contributed by atoms with E-state index in [4.69, 9.17) is 0 Å². The van der Waals surface area contributed by atoms with Gasteiger partial charge in [0.05, 0.1) is 4.92 Å². The highest BCUT2D eigenvalue weighted by Crippen LogP contribution is 2.26. The summed E-state index contributed by atoms with van der Waals surface area (Å²) < 4.78 is 0.870. The predicted octanol–water partition coefficient (Wildman–Crippen LogP) is 3.34. The fraction of sp³-hybridized carbons (Fsp3) is 0.538. The van der Waals surface area contributed by atoms with Crippen molar-refractivity contribution in [1.29, 1.82) is 0 Å². The van der Waals surface area contributed by atoms with Crippen molar-refractivity contribution >= 4 is 34.0 Å². The lowest BCUT2D eigenvalue weighted by atomic mass is 10.2. The Balaban J connectivity index is 2.52. The van der Waals surface area contributed by atoms with Gasteiger partial charge in [-0.2, -0.15) is 0 Å². The molecule has 0 fully saturated rings. The first-order chi connectivity index (χ1) is 8.91. The van der Waals surface area contributed by atoms with Gasteiger partial charge in [0.25, 0.3) is 5.69 Å². The molecule has 0 spiro atoms. The highest BCUT2D eigenvalue weighted by Gasteiger charge is 2.13. The lowest BCUT2D eigenvalue weighted by Crippen LogP contribution is -2.28. The van der Waals surface area contributed by atoms with Crippen molar-refractivity contribution in [2.75, 3.05) is 25.5 Å². The zero-order valence-electron chi connectivity index (χ0n) is 11.5. The van der Waals surface area contributed by atoms with Gasteiger partial charge >= 0.3 is 0 Å². The quantitative estimate of drug-likeness (QED) is 0.343. The van der Waals surface area contributed by atoms with Gasteiger partial charge in [0.1, 0.15) is 5.69 Å². The summed E-state index contributed by atoms with van der Waals surface area (Å²) in [6.45, 7) is 6.01. The van der Waals surface area contributed by atoms with E-state index < -0.39 is 0 Å². The summed E-state index contributed by atoms with van der Waals surface area (Å²) in [5, 5.41) is 14.1. The first-order valence-corrected chi connectivity index (χ1v) is 7.37. The van der Waals surface area contributed by atoms with Crippen molar-refractivity contribution < 1.29 is 4.92 Å². The molecule has 1 aromatic carbocycles. The van der Waals surface area contributed by atoms with Gasteiger partial charge < -0.3 is 10.2 Å². The zero-order valence-corrected chi connectivity index (χ0v) is 13.7. The van der Waals surface area contributed by atoms with Crippen molar-refractivity contribution in [3.05, 3.63) is 31.9 Å². The second-order valence-electron chi connectivity index (χ2n) is 4.77. The fourth-order valence-electron chi connectivity index (χ4n) is 1.62. The Kier molecular flexibility index (Phi) is 6.50. The first-order valence-electron chi connectivity index (χ1n) is 6.30. The Hall–Kier alpha value is -0.890. The van der Waals surface area contributed by atoms with Crippen LogP contribution in [0.2, 0.25) is 0 Å². The Bertz CT molecular complexity index is 438. The SMILES string of the molecule is CC(C)N(C)CCCNc1ccc(I)cc1[N+](=O)[O-]. The van der Waals surface area contributed by atoms with Crippen LogP contribution in [0, 0.1) is 13.7 Å². The Morgan fingerprint density at radius 2 is 2.16 bits per heavy atom. The summed E-state index contributed by atoms with van der Waals surface area (Å²) in [6, 6.07) is 5.75. The number of anilines is 1. The second-order valence-corrected chi connectivity index (χ2v) is 6.02. The van der Waals surface area contributed by atoms with Crippen molar-refractivity contribution in [2.45, 2.75) is 26.3 Å². The maximum atomic E-state index is 11.0. The van der Waals surface area contributed by atoms with Gasteiger partial charge in [-0.25, -0.2) is 0 Å². The van der Waals surface area contributed by atoms with Crippen LogP contribution in [0.4, 0.5) is 11.4 Å². The molecule has 0 amide bonds. The molecule has 0 aliphatic carbocycles. The molecule has 1 N–H and O–H groups in total. The average molecular weight is 377 g/mol. The van der Waals surface area contributed by atoms with Gasteiger partial charge in [0.2, 0.25) is 0 Å². The maximum Gasteiger partial charge on any atom is 0.293 e. The summed E-state index contributed by atoms with van der Waals surface area (Å²) in [7, 11) is 2.08. The fourth-order valence-corrected chi connectivity index (χ4v) is 2.09. The average Bonchev–Trinajstić information content (AvgIpc) is 2.35. The molecule has 0 unspecified atom stereocenters. The molecule has 106 valence electrons. The van der Waals surface area contributed by atoms with Gasteiger partial charge in [0.15, 0.2) is 0 Å². The van der Waals surface area contributed by atoms with E-state index in [2.05, 4.69) is 53.7 Å². The number of hydrogen-bond donors (Lipinski definition) is 1. The van der Waals surface area contributed by atoms with Crippen molar-refractivity contribution in [2.24, 2.45) is 0 Å². The minimum absolute atomic E-state index is 0.143. The zero-order chi connectivity index (χ0) is 14.4. The van der Waals surface area contributed by atoms with E-state index in [9.17, 15) is 10.1 Å². The van der Waals surface area contributed by atoms with Gasteiger partial charge in [-0.15, -0.1) is 0 Å². The third kappa shape index (κ3) is 5.32. The van der Waals surface area contributed by atoms with Crippen LogP contribution in [0.5, 0.6) is 0 Å². The monoisotopic (exact) mass is 377 g/mol. The number of nitro benzene ring substituents is 1. The van der Waals surface area contributed by atoms with Gasteiger partial charge in [0, 0.05) is 22.2 Å². The summed E-state index contributed by atoms with van der Waals surface area (Å²) in [6.07, 6.45) is 0.956. The molecule has 1 aromatic rings. The lowest BCUT2D eigenvalue weighted by molar-refractivity contribution is -0.384. The summed E-state index contributed by atoms with van der Waals surface area (Å²) in [5.41, 5.74) is 0.738. The van der Waals surface area contributed by atoms with E-state index in [1.807, 2.05) is 6.07 Å². The van der Waals surface area contributed by atoms with Gasteiger partial charge in [-0.1, -0.05) is 0 Å². The van der Waals surface area contributed by atoms with E-state index >= 15 is 0 Å². The summed E-state index contributed by atoms with van der Waals surface area (Å²) in [5.74, 6) is 0. The molecule has 0 atom stereocenters. The predicted molar refractivity (Wildman–Crippen MR) is 86.7 cm³/mol. The van der Waals surface area contributed by atoms with E-state index in [-0.39, 0.29) is 10.6 Å². The van der Waals surface area contributed by atoms with E-state index in [1.165, 1.54) is 0 Å². The molecule has 0 heterocycles. The highest BCUT2D eigenvalue weighted by molar-refractivity contribution is 14.1. The van der Waals surface area contributed by atoms with Crippen LogP contribution < -0.4 is 5.32 Å². The van der Waals surface area contributed by atoms with Crippen LogP contribution >= 0.6 is 22.6 Å². The van der Waals surface area contributed by atoms with E-state index in [0.29, 0.717) is 11.7 Å². The van der Waals surface area contributed by atoms with Gasteiger partial charge in [-0.3, -0.25) is 10.1 Å². The molecule has 0 saturated carbocycles. The minimum Gasteiger partial charge on any atom is -0.379 e. The van der Waals surface area contributed by atoms with Crippen molar-refractivity contribution in [3.63, 3.8) is 0 Å². The minimum atomic E-state index is -0.343. The largest absolute Gasteiger partial charge is 0.379 e. The number of hydrogen-bond acceptors (Lipinski definition) is 4. The molecule has 5 nitrogen and oxygen atoms in total. The molecule has 0 saturated heterocycles. The van der Waals surface area contributed by atoms with E-state index in [0.717, 1.165) is 23.1 Å². The first kappa shape index (κ1) is 16.2. The normalized spacial score (nSPS) is 11.1. The van der Waals surface area contributed by atoms with Crippen molar-refractivity contribution in [1.82, 2.24) is 4.90 Å². The highest BCUT2D eigenvalue weighted by atomic mass is 127. The Labute approximate surface area is 127 Å². The number of nitrogens with zero attached hydrogens (tertiary/aromatic N) is 2. The van der Waals surface area contributed by atoms with Crippen LogP contribution in [0.3, 0.4) is 0 Å². The molecule has 0 aliphatic rings. The lowest BCUT2D eigenvalue weighted by Gasteiger charge is -2.20. The summed E-state index contributed by atoms with van der Waals surface area (Å²) in [4.78, 5) is 12.9. The number of nitrogens with one attached hydrogen (secondary N) is 1.